The molecular weight excluding hydrogens is 309 g/mol. The van der Waals surface area contributed by atoms with Crippen molar-refractivity contribution in [3.63, 3.8) is 0 Å². The van der Waals surface area contributed by atoms with Crippen molar-refractivity contribution in [2.75, 3.05) is 18.8 Å². The molecule has 0 unspecified atom stereocenters. The molecule has 2 heterocycles. The van der Waals surface area contributed by atoms with Gasteiger partial charge in [-0.3, -0.25) is 4.90 Å². The number of rotatable bonds is 7. The van der Waals surface area contributed by atoms with Gasteiger partial charge in [-0.05, 0) is 32.1 Å². The van der Waals surface area contributed by atoms with E-state index in [4.69, 9.17) is 4.52 Å². The summed E-state index contributed by atoms with van der Waals surface area (Å²) in [7, 11) is -3.25. The number of nitrogens with zero attached hydrogens (tertiary/aromatic N) is 2. The summed E-state index contributed by atoms with van der Waals surface area (Å²) in [5.41, 5.74) is 0.917. The zero-order valence-corrected chi connectivity index (χ0v) is 13.5. The molecule has 1 aromatic rings. The number of alkyl halides is 1. The molecule has 1 aliphatic carbocycles. The lowest BCUT2D eigenvalue weighted by Gasteiger charge is -2.23. The molecule has 0 spiro atoms. The largest absolute Gasteiger partial charge is 0.361 e. The van der Waals surface area contributed by atoms with E-state index in [2.05, 4.69) is 9.88 Å². The number of nitrogens with one attached hydrogen (secondary N) is 1. The molecule has 2 aliphatic rings. The fourth-order valence-electron chi connectivity index (χ4n) is 2.89. The Bertz CT molecular complexity index is 615. The normalized spacial score (nSPS) is 26.6. The average molecular weight is 331 g/mol. The second kappa shape index (κ2) is 6.25. The van der Waals surface area contributed by atoms with Gasteiger partial charge in [0.25, 0.3) is 0 Å². The first kappa shape index (κ1) is 15.9. The molecule has 2 atom stereocenters. The summed E-state index contributed by atoms with van der Waals surface area (Å²) in [4.78, 5) is 1.96. The topological polar surface area (TPSA) is 75.4 Å². The standard InChI is InChI=1S/C14H22FN3O3S/c1-10-12(5-16-21-10)7-18-8-13(15)4-14(18)6-17-22(19,20)9-11-2-3-11/h5,11,13-14,17H,2-4,6-9H2,1H3/t13-,14-/m0/s1. The average Bonchev–Trinajstić information content (AvgIpc) is 3.03. The molecule has 8 heteroatoms. The Morgan fingerprint density at radius 1 is 1.50 bits per heavy atom. The molecule has 0 bridgehead atoms. The van der Waals surface area contributed by atoms with Gasteiger partial charge in [0.2, 0.25) is 10.0 Å². The number of sulfonamides is 1. The summed E-state index contributed by atoms with van der Waals surface area (Å²) in [6, 6.07) is -0.127. The Labute approximate surface area is 130 Å². The van der Waals surface area contributed by atoms with Crippen molar-refractivity contribution in [2.24, 2.45) is 5.92 Å². The number of likely N-dealkylation sites (tertiary alicyclic amines) is 1. The third-order valence-electron chi connectivity index (χ3n) is 4.39. The number of hydrogen-bond donors (Lipinski definition) is 1. The van der Waals surface area contributed by atoms with Crippen LogP contribution in [-0.4, -0.2) is 49.5 Å². The van der Waals surface area contributed by atoms with Crippen LogP contribution in [0.4, 0.5) is 4.39 Å². The predicted molar refractivity (Wildman–Crippen MR) is 79.5 cm³/mol. The van der Waals surface area contributed by atoms with E-state index in [1.807, 2.05) is 11.8 Å². The lowest BCUT2D eigenvalue weighted by Crippen LogP contribution is -2.40. The van der Waals surface area contributed by atoms with Crippen molar-refractivity contribution in [1.29, 1.82) is 0 Å². The first-order valence-electron chi connectivity index (χ1n) is 7.68. The van der Waals surface area contributed by atoms with Crippen molar-refractivity contribution < 1.29 is 17.3 Å². The van der Waals surface area contributed by atoms with Gasteiger partial charge >= 0.3 is 0 Å². The van der Waals surface area contributed by atoms with Crippen LogP contribution in [0.25, 0.3) is 0 Å². The van der Waals surface area contributed by atoms with Gasteiger partial charge in [-0.15, -0.1) is 0 Å². The van der Waals surface area contributed by atoms with Crippen molar-refractivity contribution in [3.05, 3.63) is 17.5 Å². The molecule has 0 amide bonds. The lowest BCUT2D eigenvalue weighted by atomic mass is 10.2. The second-order valence-corrected chi connectivity index (χ2v) is 8.25. The van der Waals surface area contributed by atoms with E-state index < -0.39 is 16.2 Å². The minimum absolute atomic E-state index is 0.127. The van der Waals surface area contributed by atoms with E-state index >= 15 is 0 Å². The summed E-state index contributed by atoms with van der Waals surface area (Å²) in [6.07, 6.45) is 3.06. The minimum atomic E-state index is -3.25. The third-order valence-corrected chi connectivity index (χ3v) is 5.91. The number of hydrogen-bond acceptors (Lipinski definition) is 5. The highest BCUT2D eigenvalue weighted by atomic mass is 32.2. The zero-order valence-electron chi connectivity index (χ0n) is 12.7. The van der Waals surface area contributed by atoms with Crippen LogP contribution in [-0.2, 0) is 16.6 Å². The monoisotopic (exact) mass is 331 g/mol. The molecule has 1 aliphatic heterocycles. The Balaban J connectivity index is 1.57. The van der Waals surface area contributed by atoms with Crippen molar-refractivity contribution in [2.45, 2.75) is 44.9 Å². The fourth-order valence-corrected chi connectivity index (χ4v) is 4.41. The number of halogens is 1. The number of aromatic nitrogens is 1. The Kier molecular flexibility index (Phi) is 4.52. The fraction of sp³-hybridized carbons (Fsp3) is 0.786. The summed E-state index contributed by atoms with van der Waals surface area (Å²) < 4.78 is 45.3. The molecule has 1 aromatic heterocycles. The highest BCUT2D eigenvalue weighted by Gasteiger charge is 2.34. The SMILES string of the molecule is Cc1oncc1CN1C[C@@H](F)C[C@H]1CNS(=O)(=O)CC1CC1. The first-order valence-corrected chi connectivity index (χ1v) is 9.34. The van der Waals surface area contributed by atoms with Gasteiger partial charge in [-0.1, -0.05) is 5.16 Å². The molecule has 22 heavy (non-hydrogen) atoms. The van der Waals surface area contributed by atoms with Crippen LogP contribution >= 0.6 is 0 Å². The van der Waals surface area contributed by atoms with Gasteiger partial charge in [-0.2, -0.15) is 0 Å². The van der Waals surface area contributed by atoms with Crippen molar-refractivity contribution in [3.8, 4) is 0 Å². The highest BCUT2D eigenvalue weighted by Crippen LogP contribution is 2.30. The predicted octanol–water partition coefficient (Wildman–Crippen LogP) is 1.22. The molecule has 0 aromatic carbocycles. The van der Waals surface area contributed by atoms with Crippen molar-refractivity contribution in [1.82, 2.24) is 14.8 Å². The molecule has 1 N–H and O–H groups in total. The van der Waals surface area contributed by atoms with E-state index in [-0.39, 0.29) is 18.3 Å². The number of aryl methyl sites for hydroxylation is 1. The Morgan fingerprint density at radius 3 is 2.91 bits per heavy atom. The van der Waals surface area contributed by atoms with Gasteiger partial charge in [-0.25, -0.2) is 17.5 Å². The minimum Gasteiger partial charge on any atom is -0.361 e. The summed E-state index contributed by atoms with van der Waals surface area (Å²) in [5.74, 6) is 1.23. The lowest BCUT2D eigenvalue weighted by molar-refractivity contribution is 0.234. The van der Waals surface area contributed by atoms with Crippen LogP contribution < -0.4 is 4.72 Å². The van der Waals surface area contributed by atoms with E-state index in [1.165, 1.54) is 0 Å². The maximum Gasteiger partial charge on any atom is 0.211 e. The highest BCUT2D eigenvalue weighted by molar-refractivity contribution is 7.89. The zero-order chi connectivity index (χ0) is 15.7. The van der Waals surface area contributed by atoms with Gasteiger partial charge in [0, 0.05) is 31.2 Å². The van der Waals surface area contributed by atoms with Crippen LogP contribution in [0, 0.1) is 12.8 Å². The second-order valence-electron chi connectivity index (χ2n) is 6.40. The summed E-state index contributed by atoms with van der Waals surface area (Å²) in [5, 5.41) is 3.73. The maximum atomic E-state index is 13.7. The molecule has 2 fully saturated rings. The molecule has 1 saturated carbocycles. The molecule has 0 radical (unpaired) electrons. The molecule has 1 saturated heterocycles. The van der Waals surface area contributed by atoms with Crippen LogP contribution in [0.15, 0.2) is 10.7 Å². The summed E-state index contributed by atoms with van der Waals surface area (Å²) in [6.45, 7) is 2.93. The van der Waals surface area contributed by atoms with E-state index in [0.29, 0.717) is 25.4 Å². The van der Waals surface area contributed by atoms with Gasteiger partial charge < -0.3 is 4.52 Å². The molecule has 124 valence electrons. The molecule has 3 rings (SSSR count). The van der Waals surface area contributed by atoms with Crippen LogP contribution in [0.3, 0.4) is 0 Å². The third kappa shape index (κ3) is 4.05. The van der Waals surface area contributed by atoms with Gasteiger partial charge in [0.1, 0.15) is 11.9 Å². The van der Waals surface area contributed by atoms with Crippen LogP contribution in [0.2, 0.25) is 0 Å². The quantitative estimate of drug-likeness (QED) is 0.813. The molecule has 6 nitrogen and oxygen atoms in total. The first-order chi connectivity index (χ1) is 10.4. The van der Waals surface area contributed by atoms with Crippen molar-refractivity contribution >= 4 is 10.0 Å². The smallest absolute Gasteiger partial charge is 0.211 e. The van der Waals surface area contributed by atoms with E-state index in [9.17, 15) is 12.8 Å². The van der Waals surface area contributed by atoms with Crippen LogP contribution in [0.1, 0.15) is 30.6 Å². The summed E-state index contributed by atoms with van der Waals surface area (Å²) >= 11 is 0. The van der Waals surface area contributed by atoms with E-state index in [1.54, 1.807) is 6.20 Å². The molecular formula is C14H22FN3O3S. The maximum absolute atomic E-state index is 13.7. The Morgan fingerprint density at radius 2 is 2.27 bits per heavy atom. The van der Waals surface area contributed by atoms with E-state index in [0.717, 1.165) is 24.2 Å². The van der Waals surface area contributed by atoms with Gasteiger partial charge in [0.15, 0.2) is 0 Å². The van der Waals surface area contributed by atoms with Crippen LogP contribution in [0.5, 0.6) is 0 Å². The van der Waals surface area contributed by atoms with Gasteiger partial charge in [0.05, 0.1) is 11.9 Å². The Hall–Kier alpha value is -0.990.